The summed E-state index contributed by atoms with van der Waals surface area (Å²) in [7, 11) is 0. The van der Waals surface area contributed by atoms with Crippen LogP contribution in [0.3, 0.4) is 0 Å². The number of nitrogens with one attached hydrogen (secondary N) is 1. The van der Waals surface area contributed by atoms with Crippen LogP contribution in [0.2, 0.25) is 0 Å². The van der Waals surface area contributed by atoms with E-state index in [-0.39, 0.29) is 18.8 Å². The summed E-state index contributed by atoms with van der Waals surface area (Å²) in [5, 5.41) is 11.7. The highest BCUT2D eigenvalue weighted by molar-refractivity contribution is 5.94. The average molecular weight is 268 g/mol. The monoisotopic (exact) mass is 268 g/mol. The van der Waals surface area contributed by atoms with Gasteiger partial charge >= 0.3 is 5.97 Å². The number of aliphatic carboxylic acids is 1. The quantitative estimate of drug-likeness (QED) is 0.776. The molecule has 1 aromatic rings. The summed E-state index contributed by atoms with van der Waals surface area (Å²) in [5.41, 5.74) is -0.996. The van der Waals surface area contributed by atoms with Crippen LogP contribution in [0.5, 0.6) is 0 Å². The van der Waals surface area contributed by atoms with E-state index in [4.69, 9.17) is 9.84 Å². The van der Waals surface area contributed by atoms with E-state index in [1.807, 2.05) is 0 Å². The number of ether oxygens (including phenoxy) is 1. The highest BCUT2D eigenvalue weighted by Gasteiger charge is 2.47. The predicted octanol–water partition coefficient (Wildman–Crippen LogP) is 0.440. The molecule has 7 heteroatoms. The van der Waals surface area contributed by atoms with E-state index in [2.05, 4.69) is 10.3 Å². The molecule has 2 atom stereocenters. The number of amides is 1. The molecule has 1 fully saturated rings. The molecule has 0 aliphatic carbocycles. The lowest BCUT2D eigenvalue weighted by Crippen LogP contribution is -2.49. The summed E-state index contributed by atoms with van der Waals surface area (Å²) in [6, 6.07) is 1.71. The Balaban J connectivity index is 2.10. The van der Waals surface area contributed by atoms with E-state index in [1.54, 1.807) is 0 Å². The molecule has 0 radical (unpaired) electrons. The van der Waals surface area contributed by atoms with E-state index in [1.165, 1.54) is 13.0 Å². The summed E-state index contributed by atoms with van der Waals surface area (Å²) >= 11 is 0. The maximum Gasteiger partial charge on any atom is 0.313 e. The van der Waals surface area contributed by atoms with Crippen molar-refractivity contribution in [1.82, 2.24) is 10.3 Å². The van der Waals surface area contributed by atoms with Crippen molar-refractivity contribution < 1.29 is 23.8 Å². The van der Waals surface area contributed by atoms with Crippen molar-refractivity contribution in [3.05, 3.63) is 29.8 Å². The zero-order chi connectivity index (χ0) is 14.0. The summed E-state index contributed by atoms with van der Waals surface area (Å²) in [6.07, 6.45) is 1.10. The van der Waals surface area contributed by atoms with Crippen molar-refractivity contribution in [2.45, 2.75) is 13.0 Å². The molecule has 0 spiro atoms. The zero-order valence-corrected chi connectivity index (χ0v) is 10.2. The van der Waals surface area contributed by atoms with Crippen LogP contribution in [0.4, 0.5) is 4.39 Å². The number of pyridine rings is 1. The minimum Gasteiger partial charge on any atom is -0.481 e. The molecule has 2 rings (SSSR count). The molecule has 0 saturated carbocycles. The largest absolute Gasteiger partial charge is 0.481 e. The third kappa shape index (κ3) is 2.55. The number of halogens is 1. The third-order valence-electron chi connectivity index (χ3n) is 3.24. The first kappa shape index (κ1) is 13.4. The third-order valence-corrected chi connectivity index (χ3v) is 3.24. The maximum atomic E-state index is 12.6. The number of carboxylic acids is 1. The lowest BCUT2D eigenvalue weighted by molar-refractivity contribution is -0.148. The van der Waals surface area contributed by atoms with Crippen molar-refractivity contribution in [2.24, 2.45) is 5.41 Å². The Morgan fingerprint density at radius 3 is 2.89 bits per heavy atom. The number of rotatable bonds is 3. The second-order valence-corrected chi connectivity index (χ2v) is 4.63. The summed E-state index contributed by atoms with van der Waals surface area (Å²) in [6.45, 7) is 1.67. The van der Waals surface area contributed by atoms with Gasteiger partial charge in [-0.3, -0.25) is 9.59 Å². The molecule has 102 valence electrons. The van der Waals surface area contributed by atoms with E-state index < -0.39 is 29.3 Å². The Kier molecular flexibility index (Phi) is 3.48. The van der Waals surface area contributed by atoms with Gasteiger partial charge in [0.1, 0.15) is 5.41 Å². The van der Waals surface area contributed by atoms with Crippen LogP contribution >= 0.6 is 0 Å². The van der Waals surface area contributed by atoms with E-state index in [0.717, 1.165) is 12.3 Å². The fraction of sp³-hybridized carbons (Fsp3) is 0.417. The Morgan fingerprint density at radius 1 is 1.58 bits per heavy atom. The number of carbonyl (C=O) groups is 2. The van der Waals surface area contributed by atoms with Crippen LogP contribution in [0.1, 0.15) is 17.3 Å². The first-order valence-electron chi connectivity index (χ1n) is 5.67. The first-order chi connectivity index (χ1) is 8.93. The van der Waals surface area contributed by atoms with Gasteiger partial charge in [0, 0.05) is 6.20 Å². The van der Waals surface area contributed by atoms with Crippen LogP contribution in [0.15, 0.2) is 18.3 Å². The van der Waals surface area contributed by atoms with Gasteiger partial charge in [0.15, 0.2) is 0 Å². The van der Waals surface area contributed by atoms with Gasteiger partial charge in [0.25, 0.3) is 5.91 Å². The minimum atomic E-state index is -1.16. The predicted molar refractivity (Wildman–Crippen MR) is 62.0 cm³/mol. The fourth-order valence-corrected chi connectivity index (χ4v) is 1.84. The molecule has 1 aliphatic rings. The van der Waals surface area contributed by atoms with Crippen LogP contribution < -0.4 is 5.32 Å². The summed E-state index contributed by atoms with van der Waals surface area (Å²) in [4.78, 5) is 26.5. The molecule has 19 heavy (non-hydrogen) atoms. The summed E-state index contributed by atoms with van der Waals surface area (Å²) < 4.78 is 17.8. The second-order valence-electron chi connectivity index (χ2n) is 4.63. The number of nitrogens with zero attached hydrogens (tertiary/aromatic N) is 1. The van der Waals surface area contributed by atoms with Crippen molar-refractivity contribution in [3.8, 4) is 0 Å². The molecule has 2 heterocycles. The fourth-order valence-electron chi connectivity index (χ4n) is 1.84. The summed E-state index contributed by atoms with van der Waals surface area (Å²) in [5.74, 6) is -2.22. The first-order valence-corrected chi connectivity index (χ1v) is 5.67. The van der Waals surface area contributed by atoms with Crippen LogP contribution in [-0.4, -0.2) is 41.2 Å². The molecule has 0 bridgehead atoms. The molecular weight excluding hydrogens is 255 g/mol. The van der Waals surface area contributed by atoms with Gasteiger partial charge in [-0.1, -0.05) is 0 Å². The van der Waals surface area contributed by atoms with E-state index >= 15 is 0 Å². The van der Waals surface area contributed by atoms with E-state index in [9.17, 15) is 14.0 Å². The van der Waals surface area contributed by atoms with Gasteiger partial charge in [0.2, 0.25) is 5.95 Å². The highest BCUT2D eigenvalue weighted by Crippen LogP contribution is 2.28. The van der Waals surface area contributed by atoms with Gasteiger partial charge in [-0.25, -0.2) is 4.98 Å². The lowest BCUT2D eigenvalue weighted by Gasteiger charge is -2.25. The van der Waals surface area contributed by atoms with Gasteiger partial charge in [0.05, 0.1) is 24.8 Å². The number of carbonyl (C=O) groups excluding carboxylic acids is 1. The van der Waals surface area contributed by atoms with Crippen molar-refractivity contribution >= 4 is 11.9 Å². The SMILES string of the molecule is CC1(C(=O)O)COCC1NC(=O)c1ccc(F)nc1. The molecule has 2 N–H and O–H groups in total. The zero-order valence-electron chi connectivity index (χ0n) is 10.2. The Labute approximate surface area is 108 Å². The normalized spacial score (nSPS) is 26.1. The Bertz CT molecular complexity index is 505. The topological polar surface area (TPSA) is 88.5 Å². The van der Waals surface area contributed by atoms with Gasteiger partial charge in [-0.05, 0) is 19.1 Å². The number of aromatic nitrogens is 1. The van der Waals surface area contributed by atoms with Gasteiger partial charge in [-0.15, -0.1) is 0 Å². The molecule has 1 saturated heterocycles. The standard InChI is InChI=1S/C12H13FN2O4/c1-12(11(17)18)6-19-5-8(12)15-10(16)7-2-3-9(13)14-4-7/h2-4,8H,5-6H2,1H3,(H,15,16)(H,17,18). The van der Waals surface area contributed by atoms with Crippen molar-refractivity contribution in [3.63, 3.8) is 0 Å². The van der Waals surface area contributed by atoms with E-state index in [0.29, 0.717) is 0 Å². The smallest absolute Gasteiger partial charge is 0.313 e. The molecule has 6 nitrogen and oxygen atoms in total. The molecule has 0 aromatic carbocycles. The van der Waals surface area contributed by atoms with Crippen molar-refractivity contribution in [1.29, 1.82) is 0 Å². The van der Waals surface area contributed by atoms with Crippen molar-refractivity contribution in [2.75, 3.05) is 13.2 Å². The second kappa shape index (κ2) is 4.93. The van der Waals surface area contributed by atoms with Crippen LogP contribution in [0, 0.1) is 11.4 Å². The average Bonchev–Trinajstić information content (AvgIpc) is 2.73. The Hall–Kier alpha value is -2.02. The maximum absolute atomic E-state index is 12.6. The molecule has 1 aliphatic heterocycles. The number of carboxylic acid groups (broad SMARTS) is 1. The molecule has 2 unspecified atom stereocenters. The van der Waals surface area contributed by atoms with Gasteiger partial charge < -0.3 is 15.2 Å². The van der Waals surface area contributed by atoms with Gasteiger partial charge in [-0.2, -0.15) is 4.39 Å². The minimum absolute atomic E-state index is 0.0367. The Morgan fingerprint density at radius 2 is 2.32 bits per heavy atom. The number of hydrogen-bond donors (Lipinski definition) is 2. The molecule has 1 aromatic heterocycles. The van der Waals surface area contributed by atoms with Crippen LogP contribution in [0.25, 0.3) is 0 Å². The highest BCUT2D eigenvalue weighted by atomic mass is 19.1. The molecule has 1 amide bonds. The molecular formula is C12H13FN2O4. The van der Waals surface area contributed by atoms with Crippen LogP contribution in [-0.2, 0) is 9.53 Å². The number of hydrogen-bond acceptors (Lipinski definition) is 4. The lowest BCUT2D eigenvalue weighted by atomic mass is 9.85.